The molecule has 0 spiro atoms. The Bertz CT molecular complexity index is 612. The van der Waals surface area contributed by atoms with Gasteiger partial charge in [0.15, 0.2) is 0 Å². The zero-order valence-electron chi connectivity index (χ0n) is 12.1. The zero-order chi connectivity index (χ0) is 15.2. The minimum absolute atomic E-state index is 0.00754. The second-order valence-electron chi connectivity index (χ2n) is 4.90. The first-order valence-corrected chi connectivity index (χ1v) is 7.34. The van der Waals surface area contributed by atoms with Crippen LogP contribution in [0.15, 0.2) is 28.8 Å². The highest BCUT2D eigenvalue weighted by atomic mass is 35.5. The number of amides is 1. The first-order valence-electron chi connectivity index (χ1n) is 6.96. The Morgan fingerprint density at radius 3 is 3.00 bits per heavy atom. The van der Waals surface area contributed by atoms with Crippen LogP contribution in [0.4, 0.5) is 0 Å². The molecule has 1 amide bonds. The molecule has 0 saturated heterocycles. The molecule has 1 atom stereocenters. The van der Waals surface area contributed by atoms with Crippen LogP contribution in [0, 0.1) is 0 Å². The van der Waals surface area contributed by atoms with Crippen molar-refractivity contribution in [1.82, 2.24) is 15.5 Å². The average molecular weight is 308 g/mol. The van der Waals surface area contributed by atoms with Gasteiger partial charge in [0, 0.05) is 29.5 Å². The lowest BCUT2D eigenvalue weighted by Gasteiger charge is -2.10. The Morgan fingerprint density at radius 1 is 1.48 bits per heavy atom. The average Bonchev–Trinajstić information content (AvgIpc) is 2.94. The van der Waals surface area contributed by atoms with Crippen LogP contribution < -0.4 is 5.32 Å². The van der Waals surface area contributed by atoms with Crippen molar-refractivity contribution in [1.29, 1.82) is 0 Å². The van der Waals surface area contributed by atoms with Crippen LogP contribution in [0.1, 0.15) is 32.6 Å². The fourth-order valence-corrected chi connectivity index (χ4v) is 1.96. The molecular weight excluding hydrogens is 290 g/mol. The van der Waals surface area contributed by atoms with E-state index in [1.807, 2.05) is 26.0 Å². The van der Waals surface area contributed by atoms with Crippen molar-refractivity contribution in [2.45, 2.75) is 39.2 Å². The molecule has 1 aromatic heterocycles. The number of benzene rings is 1. The standard InChI is InChI=1S/C15H18ClN3O2/c1-3-10(2)17-13(20)7-8-14-18-15(19-21-14)11-5-4-6-12(16)9-11/h4-6,9-10H,3,7-8H2,1-2H3,(H,17,20)/t10-/m1/s1. The van der Waals surface area contributed by atoms with Crippen molar-refractivity contribution in [3.63, 3.8) is 0 Å². The Morgan fingerprint density at radius 2 is 2.29 bits per heavy atom. The number of halogens is 1. The maximum absolute atomic E-state index is 11.7. The summed E-state index contributed by atoms with van der Waals surface area (Å²) in [6, 6.07) is 7.42. The third kappa shape index (κ3) is 4.56. The van der Waals surface area contributed by atoms with E-state index in [-0.39, 0.29) is 11.9 Å². The molecule has 0 unspecified atom stereocenters. The molecule has 1 heterocycles. The van der Waals surface area contributed by atoms with Crippen LogP contribution in [0.3, 0.4) is 0 Å². The smallest absolute Gasteiger partial charge is 0.227 e. The van der Waals surface area contributed by atoms with Gasteiger partial charge in [0.05, 0.1) is 0 Å². The highest BCUT2D eigenvalue weighted by Crippen LogP contribution is 2.20. The molecule has 2 aromatic rings. The van der Waals surface area contributed by atoms with E-state index in [0.29, 0.717) is 29.6 Å². The topological polar surface area (TPSA) is 68.0 Å². The number of nitrogens with zero attached hydrogens (tertiary/aromatic N) is 2. The molecule has 21 heavy (non-hydrogen) atoms. The maximum atomic E-state index is 11.7. The van der Waals surface area contributed by atoms with Gasteiger partial charge in [0.2, 0.25) is 17.6 Å². The quantitative estimate of drug-likeness (QED) is 0.889. The molecule has 0 saturated carbocycles. The van der Waals surface area contributed by atoms with E-state index in [2.05, 4.69) is 15.5 Å². The monoisotopic (exact) mass is 307 g/mol. The molecule has 5 nitrogen and oxygen atoms in total. The van der Waals surface area contributed by atoms with Crippen molar-refractivity contribution in [3.05, 3.63) is 35.2 Å². The lowest BCUT2D eigenvalue weighted by Crippen LogP contribution is -2.32. The SMILES string of the molecule is CC[C@@H](C)NC(=O)CCc1nc(-c2cccc(Cl)c2)no1. The molecule has 0 aliphatic heterocycles. The molecule has 0 bridgehead atoms. The maximum Gasteiger partial charge on any atom is 0.227 e. The minimum atomic E-state index is -0.00754. The van der Waals surface area contributed by atoms with E-state index in [0.717, 1.165) is 12.0 Å². The van der Waals surface area contributed by atoms with E-state index in [1.165, 1.54) is 0 Å². The van der Waals surface area contributed by atoms with Crippen LogP contribution in [-0.4, -0.2) is 22.1 Å². The molecule has 112 valence electrons. The van der Waals surface area contributed by atoms with Crippen LogP contribution in [0.2, 0.25) is 5.02 Å². The number of aromatic nitrogens is 2. The van der Waals surface area contributed by atoms with E-state index >= 15 is 0 Å². The lowest BCUT2D eigenvalue weighted by atomic mass is 10.2. The van der Waals surface area contributed by atoms with Crippen LogP contribution in [0.5, 0.6) is 0 Å². The summed E-state index contributed by atoms with van der Waals surface area (Å²) >= 11 is 5.93. The number of aryl methyl sites for hydroxylation is 1. The normalized spacial score (nSPS) is 12.1. The molecule has 2 rings (SSSR count). The number of rotatable bonds is 6. The zero-order valence-corrected chi connectivity index (χ0v) is 12.9. The van der Waals surface area contributed by atoms with Gasteiger partial charge in [-0.2, -0.15) is 4.98 Å². The van der Waals surface area contributed by atoms with E-state index < -0.39 is 0 Å². The molecule has 0 fully saturated rings. The molecule has 0 radical (unpaired) electrons. The molecular formula is C15H18ClN3O2. The lowest BCUT2D eigenvalue weighted by molar-refractivity contribution is -0.121. The van der Waals surface area contributed by atoms with Crippen molar-refractivity contribution in [3.8, 4) is 11.4 Å². The highest BCUT2D eigenvalue weighted by molar-refractivity contribution is 6.30. The van der Waals surface area contributed by atoms with Crippen molar-refractivity contribution in [2.75, 3.05) is 0 Å². The van der Waals surface area contributed by atoms with Crippen LogP contribution >= 0.6 is 11.6 Å². The summed E-state index contributed by atoms with van der Waals surface area (Å²) < 4.78 is 5.16. The van der Waals surface area contributed by atoms with Gasteiger partial charge in [-0.05, 0) is 25.5 Å². The number of carbonyl (C=O) groups is 1. The number of hydrogen-bond donors (Lipinski definition) is 1. The minimum Gasteiger partial charge on any atom is -0.354 e. The largest absolute Gasteiger partial charge is 0.354 e. The first kappa shape index (κ1) is 15.5. The number of carbonyl (C=O) groups excluding carboxylic acids is 1. The van der Waals surface area contributed by atoms with Crippen molar-refractivity contribution in [2.24, 2.45) is 0 Å². The fraction of sp³-hybridized carbons (Fsp3) is 0.400. The van der Waals surface area contributed by atoms with Crippen molar-refractivity contribution < 1.29 is 9.32 Å². The molecule has 0 aliphatic carbocycles. The van der Waals surface area contributed by atoms with E-state index in [9.17, 15) is 4.79 Å². The Labute approximate surface area is 128 Å². The third-order valence-corrected chi connectivity index (χ3v) is 3.37. The summed E-state index contributed by atoms with van der Waals surface area (Å²) in [6.45, 7) is 4.00. The second kappa shape index (κ2) is 7.22. The van der Waals surface area contributed by atoms with Gasteiger partial charge in [0.1, 0.15) is 0 Å². The van der Waals surface area contributed by atoms with Crippen LogP contribution in [0.25, 0.3) is 11.4 Å². The van der Waals surface area contributed by atoms with Gasteiger partial charge in [-0.25, -0.2) is 0 Å². The van der Waals surface area contributed by atoms with E-state index in [4.69, 9.17) is 16.1 Å². The van der Waals surface area contributed by atoms with Gasteiger partial charge in [-0.15, -0.1) is 0 Å². The van der Waals surface area contributed by atoms with Crippen LogP contribution in [-0.2, 0) is 11.2 Å². The predicted octanol–water partition coefficient (Wildman–Crippen LogP) is 3.24. The molecule has 1 aromatic carbocycles. The molecule has 6 heteroatoms. The Hall–Kier alpha value is -1.88. The summed E-state index contributed by atoms with van der Waals surface area (Å²) in [7, 11) is 0. The van der Waals surface area contributed by atoms with Gasteiger partial charge in [0.25, 0.3) is 0 Å². The van der Waals surface area contributed by atoms with Gasteiger partial charge < -0.3 is 9.84 Å². The van der Waals surface area contributed by atoms with E-state index in [1.54, 1.807) is 12.1 Å². The number of nitrogens with one attached hydrogen (secondary N) is 1. The summed E-state index contributed by atoms with van der Waals surface area (Å²) in [6.07, 6.45) is 1.67. The highest BCUT2D eigenvalue weighted by Gasteiger charge is 2.11. The summed E-state index contributed by atoms with van der Waals surface area (Å²) in [5.74, 6) is 0.922. The summed E-state index contributed by atoms with van der Waals surface area (Å²) in [5.41, 5.74) is 0.793. The Kier molecular flexibility index (Phi) is 5.33. The van der Waals surface area contributed by atoms with Crippen molar-refractivity contribution >= 4 is 17.5 Å². The predicted molar refractivity (Wildman–Crippen MR) is 81.0 cm³/mol. The molecule has 0 aliphatic rings. The summed E-state index contributed by atoms with van der Waals surface area (Å²) in [4.78, 5) is 16.0. The van der Waals surface area contributed by atoms with Gasteiger partial charge in [-0.3, -0.25) is 4.79 Å². The number of hydrogen-bond acceptors (Lipinski definition) is 4. The third-order valence-electron chi connectivity index (χ3n) is 3.14. The fourth-order valence-electron chi connectivity index (χ4n) is 1.77. The van der Waals surface area contributed by atoms with Gasteiger partial charge >= 0.3 is 0 Å². The molecule has 1 N–H and O–H groups in total. The second-order valence-corrected chi connectivity index (χ2v) is 5.34. The Balaban J connectivity index is 1.93. The van der Waals surface area contributed by atoms with Gasteiger partial charge in [-0.1, -0.05) is 35.8 Å². The summed E-state index contributed by atoms with van der Waals surface area (Å²) in [5, 5.41) is 7.42. The first-order chi connectivity index (χ1) is 10.1.